The maximum absolute atomic E-state index is 11.3. The molecular weight excluding hydrogens is 334 g/mol. The van der Waals surface area contributed by atoms with Crippen LogP contribution in [0.25, 0.3) is 10.8 Å². The first kappa shape index (κ1) is 16.9. The largest absolute Gasteiger partial charge is 0.398 e. The molecule has 0 amide bonds. The van der Waals surface area contributed by atoms with Gasteiger partial charge in [-0.3, -0.25) is 0 Å². The Morgan fingerprint density at radius 3 is 1.61 bits per heavy atom. The van der Waals surface area contributed by atoms with Gasteiger partial charge in [-0.05, 0) is 24.3 Å². The Labute approximate surface area is 139 Å². The summed E-state index contributed by atoms with van der Waals surface area (Å²) in [6, 6.07) is 17.2. The zero-order valence-electron chi connectivity index (χ0n) is 12.1. The van der Waals surface area contributed by atoms with Gasteiger partial charge in [-0.1, -0.05) is 36.4 Å². The molecular formula is C16H16ClN3O2S. The molecule has 0 aliphatic rings. The molecule has 0 aromatic heterocycles. The number of nitrogen functional groups attached to an aromatic ring is 3. The van der Waals surface area contributed by atoms with Crippen LogP contribution >= 0.6 is 10.7 Å². The van der Waals surface area contributed by atoms with Crippen LogP contribution in [0.5, 0.6) is 0 Å². The van der Waals surface area contributed by atoms with E-state index in [-0.39, 0.29) is 4.90 Å². The molecule has 7 heteroatoms. The van der Waals surface area contributed by atoms with Gasteiger partial charge in [0, 0.05) is 27.1 Å². The minimum atomic E-state index is -3.73. The second-order valence-electron chi connectivity index (χ2n) is 4.77. The molecule has 3 aromatic carbocycles. The number of nitrogens with two attached hydrogens (primary N) is 3. The van der Waals surface area contributed by atoms with E-state index in [2.05, 4.69) is 0 Å². The third-order valence-electron chi connectivity index (χ3n) is 3.18. The van der Waals surface area contributed by atoms with Gasteiger partial charge >= 0.3 is 0 Å². The highest BCUT2D eigenvalue weighted by atomic mass is 35.7. The fourth-order valence-corrected chi connectivity index (χ4v) is 3.09. The average Bonchev–Trinajstić information content (AvgIpc) is 2.50. The number of benzene rings is 3. The predicted octanol–water partition coefficient (Wildman–Crippen LogP) is 3.20. The highest BCUT2D eigenvalue weighted by Crippen LogP contribution is 2.29. The van der Waals surface area contributed by atoms with Crippen molar-refractivity contribution in [3.05, 3.63) is 60.7 Å². The first-order chi connectivity index (χ1) is 10.8. The number of rotatable bonds is 1. The smallest absolute Gasteiger partial charge is 0.261 e. The molecule has 0 unspecified atom stereocenters. The van der Waals surface area contributed by atoms with E-state index >= 15 is 0 Å². The molecule has 0 fully saturated rings. The maximum Gasteiger partial charge on any atom is 0.261 e. The number of halogens is 1. The van der Waals surface area contributed by atoms with E-state index in [1.54, 1.807) is 36.4 Å². The Hall–Kier alpha value is -2.44. The van der Waals surface area contributed by atoms with Crippen molar-refractivity contribution in [1.29, 1.82) is 0 Å². The maximum atomic E-state index is 11.3. The van der Waals surface area contributed by atoms with E-state index in [0.29, 0.717) is 27.8 Å². The van der Waals surface area contributed by atoms with E-state index < -0.39 is 9.05 Å². The van der Waals surface area contributed by atoms with Gasteiger partial charge in [0.1, 0.15) is 0 Å². The fraction of sp³-hybridized carbons (Fsp3) is 0. The van der Waals surface area contributed by atoms with Crippen LogP contribution in [0, 0.1) is 0 Å². The summed E-state index contributed by atoms with van der Waals surface area (Å²) >= 11 is 0. The van der Waals surface area contributed by atoms with Crippen LogP contribution in [-0.2, 0) is 9.05 Å². The molecule has 0 bridgehead atoms. The van der Waals surface area contributed by atoms with Crippen LogP contribution < -0.4 is 17.2 Å². The molecule has 5 nitrogen and oxygen atoms in total. The molecule has 120 valence electrons. The summed E-state index contributed by atoms with van der Waals surface area (Å²) in [5, 5.41) is 1.24. The summed E-state index contributed by atoms with van der Waals surface area (Å²) in [7, 11) is 1.59. The van der Waals surface area contributed by atoms with E-state index in [1.165, 1.54) is 12.1 Å². The van der Waals surface area contributed by atoms with Crippen molar-refractivity contribution in [2.45, 2.75) is 4.90 Å². The second kappa shape index (κ2) is 6.76. The lowest BCUT2D eigenvalue weighted by Crippen LogP contribution is -1.95. The summed E-state index contributed by atoms with van der Waals surface area (Å²) in [5.41, 5.74) is 18.3. The number of hydrogen-bond acceptors (Lipinski definition) is 5. The highest BCUT2D eigenvalue weighted by Gasteiger charge is 2.14. The van der Waals surface area contributed by atoms with Crippen molar-refractivity contribution in [3.8, 4) is 0 Å². The van der Waals surface area contributed by atoms with Crippen molar-refractivity contribution in [3.63, 3.8) is 0 Å². The number of hydrogen-bond donors (Lipinski definition) is 3. The standard InChI is InChI=1S/C10H8ClNO2S.C6H8N2/c11-15(13,14)10-6-5-9(12)7-3-1-2-4-8(7)10;7-5-3-1-2-4-6(5)8/h1-6H,12H2;1-4H,7-8H2. The zero-order valence-corrected chi connectivity index (χ0v) is 13.7. The van der Waals surface area contributed by atoms with Gasteiger partial charge in [-0.2, -0.15) is 0 Å². The molecule has 0 aliphatic heterocycles. The van der Waals surface area contributed by atoms with Crippen LogP contribution in [0.3, 0.4) is 0 Å². The zero-order chi connectivity index (χ0) is 17.0. The van der Waals surface area contributed by atoms with Crippen molar-refractivity contribution >= 4 is 47.6 Å². The Morgan fingerprint density at radius 2 is 1.13 bits per heavy atom. The van der Waals surface area contributed by atoms with Crippen molar-refractivity contribution in [1.82, 2.24) is 0 Å². The van der Waals surface area contributed by atoms with Crippen LogP contribution in [0.1, 0.15) is 0 Å². The Kier molecular flexibility index (Phi) is 4.98. The Bertz CT molecular complexity index is 922. The third kappa shape index (κ3) is 4.06. The van der Waals surface area contributed by atoms with Crippen LogP contribution in [0.15, 0.2) is 65.6 Å². The van der Waals surface area contributed by atoms with E-state index in [0.717, 1.165) is 0 Å². The summed E-state index contributed by atoms with van der Waals surface area (Å²) in [5.74, 6) is 0. The van der Waals surface area contributed by atoms with Gasteiger partial charge in [0.2, 0.25) is 0 Å². The third-order valence-corrected chi connectivity index (χ3v) is 4.56. The van der Waals surface area contributed by atoms with Crippen molar-refractivity contribution < 1.29 is 8.42 Å². The molecule has 0 radical (unpaired) electrons. The predicted molar refractivity (Wildman–Crippen MR) is 96.7 cm³/mol. The van der Waals surface area contributed by atoms with Crippen molar-refractivity contribution in [2.24, 2.45) is 0 Å². The Morgan fingerprint density at radius 1 is 0.652 bits per heavy atom. The molecule has 0 saturated carbocycles. The molecule has 3 rings (SSSR count). The van der Waals surface area contributed by atoms with Gasteiger partial charge in [0.25, 0.3) is 9.05 Å². The average molecular weight is 350 g/mol. The SMILES string of the molecule is Nc1ccc(S(=O)(=O)Cl)c2ccccc12.Nc1ccccc1N. The van der Waals surface area contributed by atoms with Gasteiger partial charge < -0.3 is 17.2 Å². The molecule has 0 saturated heterocycles. The molecule has 0 heterocycles. The van der Waals surface area contributed by atoms with Crippen molar-refractivity contribution in [2.75, 3.05) is 17.2 Å². The molecule has 3 aromatic rings. The lowest BCUT2D eigenvalue weighted by Gasteiger charge is -2.05. The fourth-order valence-electron chi connectivity index (χ4n) is 2.02. The first-order valence-corrected chi connectivity index (χ1v) is 8.93. The van der Waals surface area contributed by atoms with Gasteiger partial charge in [-0.15, -0.1) is 0 Å². The number of fused-ring (bicyclic) bond motifs is 1. The molecule has 6 N–H and O–H groups in total. The lowest BCUT2D eigenvalue weighted by atomic mass is 10.1. The Balaban J connectivity index is 0.000000203. The monoisotopic (exact) mass is 349 g/mol. The van der Waals surface area contributed by atoms with E-state index in [1.807, 2.05) is 12.1 Å². The minimum absolute atomic E-state index is 0.0916. The van der Waals surface area contributed by atoms with Gasteiger partial charge in [-0.25, -0.2) is 8.42 Å². The van der Waals surface area contributed by atoms with E-state index in [4.69, 9.17) is 27.9 Å². The van der Waals surface area contributed by atoms with Crippen LogP contribution in [0.4, 0.5) is 17.1 Å². The van der Waals surface area contributed by atoms with E-state index in [9.17, 15) is 8.42 Å². The van der Waals surface area contributed by atoms with Crippen LogP contribution in [0.2, 0.25) is 0 Å². The summed E-state index contributed by atoms with van der Waals surface area (Å²) in [6.45, 7) is 0. The normalized spacial score (nSPS) is 10.8. The molecule has 0 aliphatic carbocycles. The summed E-state index contributed by atoms with van der Waals surface area (Å²) in [4.78, 5) is 0.0916. The second-order valence-corrected chi connectivity index (χ2v) is 7.30. The topological polar surface area (TPSA) is 112 Å². The summed E-state index contributed by atoms with van der Waals surface area (Å²) in [6.07, 6.45) is 0. The first-order valence-electron chi connectivity index (χ1n) is 6.62. The molecule has 23 heavy (non-hydrogen) atoms. The lowest BCUT2D eigenvalue weighted by molar-refractivity contribution is 0.610. The quantitative estimate of drug-likeness (QED) is 0.461. The minimum Gasteiger partial charge on any atom is -0.398 e. The molecule has 0 atom stereocenters. The van der Waals surface area contributed by atoms with Gasteiger partial charge in [0.05, 0.1) is 16.3 Å². The highest BCUT2D eigenvalue weighted by molar-refractivity contribution is 8.14. The summed E-state index contributed by atoms with van der Waals surface area (Å²) < 4.78 is 22.6. The van der Waals surface area contributed by atoms with Gasteiger partial charge in [0.15, 0.2) is 0 Å². The molecule has 0 spiro atoms. The van der Waals surface area contributed by atoms with Crippen LogP contribution in [-0.4, -0.2) is 8.42 Å². The number of para-hydroxylation sites is 2. The number of anilines is 3.